The highest BCUT2D eigenvalue weighted by Gasteiger charge is 2.62. The maximum atomic E-state index is 14.3. The van der Waals surface area contributed by atoms with Crippen LogP contribution in [0.3, 0.4) is 0 Å². The molecule has 1 atom stereocenters. The van der Waals surface area contributed by atoms with Crippen LogP contribution in [0.1, 0.15) is 25.8 Å². The molecule has 1 aliphatic carbocycles. The van der Waals surface area contributed by atoms with Gasteiger partial charge in [-0.15, -0.1) is 0 Å². The molecular formula is C20H22F2N2O2. The number of ether oxygens (including phenoxy) is 1. The molecule has 2 aromatic rings. The second-order valence-corrected chi connectivity index (χ2v) is 7.31. The highest BCUT2D eigenvalue weighted by molar-refractivity contribution is 5.89. The maximum absolute atomic E-state index is 14.3. The van der Waals surface area contributed by atoms with E-state index in [9.17, 15) is 13.6 Å². The monoisotopic (exact) mass is 360 g/mol. The van der Waals surface area contributed by atoms with Crippen molar-refractivity contribution in [3.8, 4) is 5.75 Å². The first-order chi connectivity index (χ1) is 12.3. The van der Waals surface area contributed by atoms with Gasteiger partial charge in [-0.3, -0.25) is 0 Å². The van der Waals surface area contributed by atoms with E-state index in [-0.39, 0.29) is 18.0 Å². The smallest absolute Gasteiger partial charge is 0.319 e. The molecule has 0 bridgehead atoms. The fraction of sp³-hybridized carbons (Fsp3) is 0.350. The summed E-state index contributed by atoms with van der Waals surface area (Å²) >= 11 is 0. The molecule has 4 nitrogen and oxygen atoms in total. The molecule has 1 aliphatic rings. The predicted molar refractivity (Wildman–Crippen MR) is 96.4 cm³/mol. The van der Waals surface area contributed by atoms with E-state index >= 15 is 0 Å². The van der Waals surface area contributed by atoms with Gasteiger partial charge in [0.05, 0.1) is 7.11 Å². The lowest BCUT2D eigenvalue weighted by Gasteiger charge is -2.22. The molecular weight excluding hydrogens is 338 g/mol. The van der Waals surface area contributed by atoms with Gasteiger partial charge in [0.25, 0.3) is 0 Å². The average molecular weight is 360 g/mol. The van der Waals surface area contributed by atoms with Crippen molar-refractivity contribution >= 4 is 11.7 Å². The van der Waals surface area contributed by atoms with E-state index < -0.39 is 17.0 Å². The van der Waals surface area contributed by atoms with E-state index in [0.717, 1.165) is 6.07 Å². The zero-order chi connectivity index (χ0) is 18.9. The molecule has 3 rings (SSSR count). The summed E-state index contributed by atoms with van der Waals surface area (Å²) in [5.74, 6) is -0.551. The first-order valence-corrected chi connectivity index (χ1v) is 8.42. The fourth-order valence-corrected chi connectivity index (χ4v) is 3.55. The van der Waals surface area contributed by atoms with Gasteiger partial charge in [0, 0.05) is 29.8 Å². The van der Waals surface area contributed by atoms with E-state index in [1.807, 2.05) is 13.8 Å². The minimum Gasteiger partial charge on any atom is -0.497 e. The van der Waals surface area contributed by atoms with Crippen LogP contribution in [0.15, 0.2) is 42.5 Å². The lowest BCUT2D eigenvalue weighted by atomic mass is 9.87. The van der Waals surface area contributed by atoms with Crippen LogP contribution in [0.25, 0.3) is 0 Å². The van der Waals surface area contributed by atoms with Crippen LogP contribution in [0.2, 0.25) is 0 Å². The number of rotatable bonds is 5. The zero-order valence-corrected chi connectivity index (χ0v) is 15.0. The van der Waals surface area contributed by atoms with E-state index in [0.29, 0.717) is 23.4 Å². The third-order valence-corrected chi connectivity index (χ3v) is 5.24. The number of benzene rings is 2. The summed E-state index contributed by atoms with van der Waals surface area (Å²) in [4.78, 5) is 12.3. The Hall–Kier alpha value is -2.63. The third kappa shape index (κ3) is 3.36. The number of hydrogen-bond acceptors (Lipinski definition) is 2. The molecule has 1 unspecified atom stereocenters. The Kier molecular flexibility index (Phi) is 4.61. The quantitative estimate of drug-likeness (QED) is 0.827. The van der Waals surface area contributed by atoms with Crippen LogP contribution < -0.4 is 15.4 Å². The van der Waals surface area contributed by atoms with Crippen molar-refractivity contribution in [1.82, 2.24) is 5.32 Å². The molecule has 6 heteroatoms. The van der Waals surface area contributed by atoms with Gasteiger partial charge in [-0.2, -0.15) is 0 Å². The number of urea groups is 1. The van der Waals surface area contributed by atoms with Crippen LogP contribution in [-0.2, 0) is 5.41 Å². The topological polar surface area (TPSA) is 50.4 Å². The number of halogens is 2. The maximum Gasteiger partial charge on any atom is 0.319 e. The molecule has 26 heavy (non-hydrogen) atoms. The molecule has 1 saturated carbocycles. The Bertz CT molecular complexity index is 838. The molecule has 2 amide bonds. The standard InChI is InChI=1S/C20H22F2N2O2/c1-19(2)11-20(19,16-8-7-13(21)9-17(16)22)12-23-18(25)24-14-5-4-6-15(10-14)26-3/h4-10H,11-12H2,1-3H3,(H2,23,24,25). The van der Waals surface area contributed by atoms with Gasteiger partial charge >= 0.3 is 6.03 Å². The summed E-state index contributed by atoms with van der Waals surface area (Å²) < 4.78 is 32.7. The van der Waals surface area contributed by atoms with Gasteiger partial charge in [0.2, 0.25) is 0 Å². The van der Waals surface area contributed by atoms with Crippen LogP contribution in [-0.4, -0.2) is 19.7 Å². The Morgan fingerprint density at radius 1 is 1.19 bits per heavy atom. The van der Waals surface area contributed by atoms with Crippen molar-refractivity contribution in [3.05, 3.63) is 59.7 Å². The second kappa shape index (κ2) is 6.59. The molecule has 138 valence electrons. The number of hydrogen-bond donors (Lipinski definition) is 2. The predicted octanol–water partition coefficient (Wildman–Crippen LogP) is 4.46. The Morgan fingerprint density at radius 2 is 1.92 bits per heavy atom. The van der Waals surface area contributed by atoms with E-state index in [2.05, 4.69) is 10.6 Å². The first-order valence-electron chi connectivity index (χ1n) is 8.42. The highest BCUT2D eigenvalue weighted by atomic mass is 19.1. The number of anilines is 1. The lowest BCUT2D eigenvalue weighted by Crippen LogP contribution is -2.37. The second-order valence-electron chi connectivity index (χ2n) is 7.31. The summed E-state index contributed by atoms with van der Waals surface area (Å²) in [6.45, 7) is 4.28. The highest BCUT2D eigenvalue weighted by Crippen LogP contribution is 2.64. The van der Waals surface area contributed by atoms with Crippen LogP contribution >= 0.6 is 0 Å². The number of amides is 2. The Balaban J connectivity index is 1.71. The minimum absolute atomic E-state index is 0.186. The van der Waals surface area contributed by atoms with Gasteiger partial charge in [0.15, 0.2) is 0 Å². The number of carbonyl (C=O) groups is 1. The van der Waals surface area contributed by atoms with Crippen molar-refractivity contribution in [1.29, 1.82) is 0 Å². The Labute approximate surface area is 151 Å². The SMILES string of the molecule is COc1cccc(NC(=O)NCC2(c3ccc(F)cc3F)CC2(C)C)c1. The lowest BCUT2D eigenvalue weighted by molar-refractivity contribution is 0.250. The third-order valence-electron chi connectivity index (χ3n) is 5.24. The summed E-state index contributed by atoms with van der Waals surface area (Å²) in [6.07, 6.45) is 0.710. The minimum atomic E-state index is -0.608. The van der Waals surface area contributed by atoms with Gasteiger partial charge in [-0.25, -0.2) is 13.6 Å². The average Bonchev–Trinajstić information content (AvgIpc) is 3.15. The van der Waals surface area contributed by atoms with Gasteiger partial charge < -0.3 is 15.4 Å². The van der Waals surface area contributed by atoms with E-state index in [1.54, 1.807) is 31.4 Å². The number of carbonyl (C=O) groups excluding carboxylic acids is 1. The molecule has 0 heterocycles. The molecule has 0 spiro atoms. The number of nitrogens with one attached hydrogen (secondary N) is 2. The van der Waals surface area contributed by atoms with Crippen LogP contribution in [0.5, 0.6) is 5.75 Å². The molecule has 0 aliphatic heterocycles. The van der Waals surface area contributed by atoms with Crippen LogP contribution in [0.4, 0.5) is 19.3 Å². The van der Waals surface area contributed by atoms with Gasteiger partial charge in [-0.05, 0) is 35.6 Å². The summed E-state index contributed by atoms with van der Waals surface area (Å²) in [5, 5.41) is 5.55. The summed E-state index contributed by atoms with van der Waals surface area (Å²) in [5.41, 5.74) is 0.301. The van der Waals surface area contributed by atoms with E-state index in [1.165, 1.54) is 12.1 Å². The molecule has 1 fully saturated rings. The molecule has 0 aromatic heterocycles. The van der Waals surface area contributed by atoms with Crippen molar-refractivity contribution in [3.63, 3.8) is 0 Å². The molecule has 2 N–H and O–H groups in total. The van der Waals surface area contributed by atoms with Crippen molar-refractivity contribution < 1.29 is 18.3 Å². The van der Waals surface area contributed by atoms with Crippen LogP contribution in [0, 0.1) is 17.0 Å². The fourth-order valence-electron chi connectivity index (χ4n) is 3.55. The molecule has 0 radical (unpaired) electrons. The van der Waals surface area contributed by atoms with Crippen molar-refractivity contribution in [2.45, 2.75) is 25.7 Å². The molecule has 2 aromatic carbocycles. The molecule has 0 saturated heterocycles. The van der Waals surface area contributed by atoms with Gasteiger partial charge in [-0.1, -0.05) is 26.0 Å². The van der Waals surface area contributed by atoms with E-state index in [4.69, 9.17) is 4.74 Å². The Morgan fingerprint density at radius 3 is 2.54 bits per heavy atom. The first kappa shape index (κ1) is 18.2. The van der Waals surface area contributed by atoms with Gasteiger partial charge in [0.1, 0.15) is 17.4 Å². The summed E-state index contributed by atoms with van der Waals surface area (Å²) in [6, 6.07) is 10.2. The largest absolute Gasteiger partial charge is 0.497 e. The van der Waals surface area contributed by atoms with Crippen molar-refractivity contribution in [2.75, 3.05) is 19.0 Å². The number of methoxy groups -OCH3 is 1. The van der Waals surface area contributed by atoms with Crippen molar-refractivity contribution in [2.24, 2.45) is 5.41 Å². The normalized spacial score (nSPS) is 20.3. The summed E-state index contributed by atoms with van der Waals surface area (Å²) in [7, 11) is 1.55. The zero-order valence-electron chi connectivity index (χ0n) is 15.0.